The van der Waals surface area contributed by atoms with E-state index in [4.69, 9.17) is 0 Å². The molecule has 9 nitrogen and oxygen atoms in total. The largest absolute Gasteiger partial charge is 0.380 e. The van der Waals surface area contributed by atoms with Crippen LogP contribution in [0.1, 0.15) is 37.4 Å². The third kappa shape index (κ3) is 5.30. The third-order valence-corrected chi connectivity index (χ3v) is 5.85. The second kappa shape index (κ2) is 9.17. The summed E-state index contributed by atoms with van der Waals surface area (Å²) in [6.45, 7) is 5.49. The van der Waals surface area contributed by atoms with Gasteiger partial charge in [-0.15, -0.1) is 0 Å². The molecule has 0 bridgehead atoms. The first-order valence-electron chi connectivity index (χ1n) is 10.8. The number of hydrazine groups is 1. The highest BCUT2D eigenvalue weighted by Gasteiger charge is 2.39. The number of carbonyl (C=O) groups excluding carboxylic acids is 1. The monoisotopic (exact) mass is 425 g/mol. The van der Waals surface area contributed by atoms with Crippen LogP contribution in [0.4, 0.5) is 11.8 Å². The van der Waals surface area contributed by atoms with Gasteiger partial charge in [0.15, 0.2) is 0 Å². The smallest absolute Gasteiger partial charge is 0.252 e. The number of aromatic nitrogens is 2. The average Bonchev–Trinajstić information content (AvgIpc) is 3.17. The Balaban J connectivity index is 1.35. The van der Waals surface area contributed by atoms with E-state index in [9.17, 15) is 9.90 Å². The van der Waals surface area contributed by atoms with Crippen LogP contribution < -0.4 is 26.4 Å². The number of aryl methyl sites for hydroxylation is 1. The minimum atomic E-state index is -1.37. The molecule has 2 aliphatic rings. The lowest BCUT2D eigenvalue weighted by Gasteiger charge is -2.37. The fourth-order valence-electron chi connectivity index (χ4n) is 4.00. The van der Waals surface area contributed by atoms with Gasteiger partial charge in [-0.2, -0.15) is 4.98 Å². The summed E-state index contributed by atoms with van der Waals surface area (Å²) in [5.41, 5.74) is 6.90. The molecule has 2 saturated heterocycles. The van der Waals surface area contributed by atoms with Crippen LogP contribution in [-0.4, -0.2) is 51.9 Å². The van der Waals surface area contributed by atoms with Crippen LogP contribution >= 0.6 is 0 Å². The zero-order chi connectivity index (χ0) is 21.8. The second-order valence-corrected chi connectivity index (χ2v) is 8.50. The van der Waals surface area contributed by atoms with Crippen molar-refractivity contribution in [3.8, 4) is 0 Å². The molecule has 1 amide bonds. The molecule has 5 N–H and O–H groups in total. The molecule has 0 saturated carbocycles. The Morgan fingerprint density at radius 2 is 1.97 bits per heavy atom. The summed E-state index contributed by atoms with van der Waals surface area (Å²) < 4.78 is 0. The molecule has 2 unspecified atom stereocenters. The van der Waals surface area contributed by atoms with Gasteiger partial charge in [0, 0.05) is 50.3 Å². The van der Waals surface area contributed by atoms with Crippen LogP contribution in [-0.2, 0) is 11.3 Å². The maximum Gasteiger partial charge on any atom is 0.252 e. The maximum absolute atomic E-state index is 12.6. The van der Waals surface area contributed by atoms with E-state index < -0.39 is 5.60 Å². The van der Waals surface area contributed by atoms with Gasteiger partial charge in [0.25, 0.3) is 5.91 Å². The number of rotatable bonds is 6. The normalized spacial score (nSPS) is 22.9. The van der Waals surface area contributed by atoms with Crippen molar-refractivity contribution in [3.05, 3.63) is 47.7 Å². The Kier molecular flexibility index (Phi) is 6.35. The summed E-state index contributed by atoms with van der Waals surface area (Å²) in [5, 5.41) is 17.2. The van der Waals surface area contributed by atoms with Gasteiger partial charge in [0.1, 0.15) is 11.4 Å². The molecule has 1 aromatic carbocycles. The number of piperidine rings is 1. The first-order chi connectivity index (χ1) is 14.9. The van der Waals surface area contributed by atoms with Crippen molar-refractivity contribution in [2.24, 2.45) is 0 Å². The number of nitrogens with one attached hydrogen (secondary N) is 4. The Morgan fingerprint density at radius 1 is 1.23 bits per heavy atom. The number of amides is 1. The van der Waals surface area contributed by atoms with Crippen LogP contribution in [0.25, 0.3) is 0 Å². The minimum Gasteiger partial charge on any atom is -0.380 e. The number of anilines is 2. The molecule has 1 aromatic heterocycles. The molecule has 0 aliphatic carbocycles. The van der Waals surface area contributed by atoms with Crippen molar-refractivity contribution in [1.82, 2.24) is 26.1 Å². The van der Waals surface area contributed by atoms with Gasteiger partial charge in [-0.3, -0.25) is 10.2 Å². The standard InChI is InChI=1S/C22H31N7O2/c1-15-12-18(25-19-13-16(2)27-28-19)26-21(24-15)29-10-8-22(31,9-11-29)20(30)23-14-17-6-4-3-5-7-17/h3-7,12,16,19,27-28,31H,8-11,13-14H2,1-2H3,(H,23,30)(H,24,25,26). The summed E-state index contributed by atoms with van der Waals surface area (Å²) in [6.07, 6.45) is 1.73. The van der Waals surface area contributed by atoms with Crippen LogP contribution in [0.2, 0.25) is 0 Å². The minimum absolute atomic E-state index is 0.108. The fourth-order valence-corrected chi connectivity index (χ4v) is 4.00. The fraction of sp³-hybridized carbons (Fsp3) is 0.500. The molecule has 2 atom stereocenters. The molecular formula is C22H31N7O2. The van der Waals surface area contributed by atoms with E-state index in [1.54, 1.807) is 0 Å². The van der Waals surface area contributed by atoms with E-state index >= 15 is 0 Å². The first kappa shape index (κ1) is 21.5. The molecule has 0 radical (unpaired) electrons. The van der Waals surface area contributed by atoms with E-state index in [2.05, 4.69) is 38.4 Å². The number of nitrogens with zero attached hydrogens (tertiary/aromatic N) is 3. The van der Waals surface area contributed by atoms with Gasteiger partial charge in [0.05, 0.1) is 6.17 Å². The first-order valence-corrected chi connectivity index (χ1v) is 10.8. The molecule has 3 heterocycles. The van der Waals surface area contributed by atoms with Crippen molar-refractivity contribution in [2.45, 2.75) is 57.5 Å². The molecule has 4 rings (SSSR count). The number of hydrogen-bond donors (Lipinski definition) is 5. The highest BCUT2D eigenvalue weighted by molar-refractivity contribution is 5.85. The van der Waals surface area contributed by atoms with Crippen molar-refractivity contribution >= 4 is 17.7 Å². The van der Waals surface area contributed by atoms with E-state index in [-0.39, 0.29) is 12.1 Å². The van der Waals surface area contributed by atoms with E-state index in [1.807, 2.05) is 48.2 Å². The zero-order valence-corrected chi connectivity index (χ0v) is 18.1. The summed E-state index contributed by atoms with van der Waals surface area (Å²) in [5.74, 6) is 1.06. The Morgan fingerprint density at radius 3 is 2.65 bits per heavy atom. The Labute approximate surface area is 182 Å². The quantitative estimate of drug-likeness (QED) is 0.467. The summed E-state index contributed by atoms with van der Waals surface area (Å²) in [6, 6.07) is 12.0. The van der Waals surface area contributed by atoms with Gasteiger partial charge in [0.2, 0.25) is 5.95 Å². The van der Waals surface area contributed by atoms with Crippen molar-refractivity contribution in [2.75, 3.05) is 23.3 Å². The molecule has 9 heteroatoms. The number of aliphatic hydroxyl groups is 1. The topological polar surface area (TPSA) is 114 Å². The molecule has 166 valence electrons. The molecular weight excluding hydrogens is 394 g/mol. The van der Waals surface area contributed by atoms with Gasteiger partial charge >= 0.3 is 0 Å². The van der Waals surface area contributed by atoms with Crippen LogP contribution in [0.5, 0.6) is 0 Å². The van der Waals surface area contributed by atoms with E-state index in [0.29, 0.717) is 44.5 Å². The van der Waals surface area contributed by atoms with Gasteiger partial charge < -0.3 is 20.6 Å². The number of benzene rings is 1. The summed E-state index contributed by atoms with van der Waals surface area (Å²) in [7, 11) is 0. The average molecular weight is 426 g/mol. The van der Waals surface area contributed by atoms with Crippen molar-refractivity contribution in [1.29, 1.82) is 0 Å². The van der Waals surface area contributed by atoms with Crippen molar-refractivity contribution in [3.63, 3.8) is 0 Å². The molecule has 2 fully saturated rings. The summed E-state index contributed by atoms with van der Waals surface area (Å²) >= 11 is 0. The zero-order valence-electron chi connectivity index (χ0n) is 18.1. The van der Waals surface area contributed by atoms with Gasteiger partial charge in [-0.05, 0) is 25.8 Å². The molecule has 2 aromatic rings. The maximum atomic E-state index is 12.6. The van der Waals surface area contributed by atoms with E-state index in [1.165, 1.54) is 0 Å². The van der Waals surface area contributed by atoms with Gasteiger partial charge in [-0.25, -0.2) is 10.4 Å². The predicted octanol–water partition coefficient (Wildman–Crippen LogP) is 1.06. The highest BCUT2D eigenvalue weighted by atomic mass is 16.3. The molecule has 31 heavy (non-hydrogen) atoms. The van der Waals surface area contributed by atoms with Crippen LogP contribution in [0, 0.1) is 6.92 Å². The molecule has 2 aliphatic heterocycles. The second-order valence-electron chi connectivity index (χ2n) is 8.50. The van der Waals surface area contributed by atoms with Crippen molar-refractivity contribution < 1.29 is 9.90 Å². The Hall–Kier alpha value is -2.75. The lowest BCUT2D eigenvalue weighted by Crippen LogP contribution is -2.54. The highest BCUT2D eigenvalue weighted by Crippen LogP contribution is 2.26. The van der Waals surface area contributed by atoms with Crippen LogP contribution in [0.3, 0.4) is 0 Å². The van der Waals surface area contributed by atoms with Gasteiger partial charge in [-0.1, -0.05) is 30.3 Å². The number of hydrogen-bond acceptors (Lipinski definition) is 8. The number of carbonyl (C=O) groups is 1. The molecule has 0 spiro atoms. The lowest BCUT2D eigenvalue weighted by atomic mass is 9.90. The van der Waals surface area contributed by atoms with E-state index in [0.717, 1.165) is 23.5 Å². The lowest BCUT2D eigenvalue weighted by molar-refractivity contribution is -0.142. The predicted molar refractivity (Wildman–Crippen MR) is 119 cm³/mol. The van der Waals surface area contributed by atoms with Crippen LogP contribution in [0.15, 0.2) is 36.4 Å². The third-order valence-electron chi connectivity index (χ3n) is 5.85. The Bertz CT molecular complexity index is 900. The summed E-state index contributed by atoms with van der Waals surface area (Å²) in [4.78, 5) is 23.9. The SMILES string of the molecule is Cc1cc(NC2CC(C)NN2)nc(N2CCC(O)(C(=O)NCc3ccccc3)CC2)n1.